The molecular formula is C44H78N6O5. The molecule has 0 unspecified atom stereocenters. The first-order chi connectivity index (χ1) is 26.8. The summed E-state index contributed by atoms with van der Waals surface area (Å²) in [4.78, 5) is 36.3. The number of hydrogen-bond donors (Lipinski definition) is 3. The monoisotopic (exact) mass is 771 g/mol. The molecule has 0 aromatic carbocycles. The van der Waals surface area contributed by atoms with E-state index >= 15 is 0 Å². The SMILES string of the molecule is CC[C@H]1C=CCC[C@@]2(C[C@@H]3CC[C@@H]4[C@H](C(=O)OCCCCCCCCCCCCCCCC(=O)N(CCCN)CCCN)[C@]5(CCC[C@@H](C)O5)N=C(N2)N34)O1. The topological polar surface area (TPSA) is 145 Å². The fourth-order valence-corrected chi connectivity index (χ4v) is 9.95. The Morgan fingerprint density at radius 2 is 1.55 bits per heavy atom. The second-order valence-electron chi connectivity index (χ2n) is 17.3. The maximum atomic E-state index is 14.0. The molecule has 0 bridgehead atoms. The van der Waals surface area contributed by atoms with Crippen LogP contribution < -0.4 is 16.8 Å². The number of carbonyl (C=O) groups is 2. The lowest BCUT2D eigenvalue weighted by Gasteiger charge is -2.55. The quantitative estimate of drug-likeness (QED) is 0.0518. The minimum atomic E-state index is -0.878. The second-order valence-corrected chi connectivity index (χ2v) is 17.3. The van der Waals surface area contributed by atoms with Gasteiger partial charge in [0.05, 0.1) is 24.9 Å². The lowest BCUT2D eigenvalue weighted by Crippen LogP contribution is -2.71. The van der Waals surface area contributed by atoms with Gasteiger partial charge >= 0.3 is 5.97 Å². The number of nitrogens with one attached hydrogen (secondary N) is 1. The van der Waals surface area contributed by atoms with E-state index < -0.39 is 17.4 Å². The molecule has 5 aliphatic heterocycles. The van der Waals surface area contributed by atoms with Crippen LogP contribution >= 0.6 is 0 Å². The van der Waals surface area contributed by atoms with Gasteiger partial charge in [0.1, 0.15) is 11.6 Å². The van der Waals surface area contributed by atoms with Gasteiger partial charge in [0, 0.05) is 32.0 Å². The highest BCUT2D eigenvalue weighted by Gasteiger charge is 2.62. The van der Waals surface area contributed by atoms with Crippen LogP contribution in [0.25, 0.3) is 0 Å². The van der Waals surface area contributed by atoms with Crippen molar-refractivity contribution in [1.82, 2.24) is 15.1 Å². The van der Waals surface area contributed by atoms with Gasteiger partial charge in [0.2, 0.25) is 5.91 Å². The van der Waals surface area contributed by atoms with E-state index in [1.54, 1.807) is 0 Å². The van der Waals surface area contributed by atoms with Crippen molar-refractivity contribution in [3.05, 3.63) is 12.2 Å². The lowest BCUT2D eigenvalue weighted by molar-refractivity contribution is -0.194. The Labute approximate surface area is 333 Å². The lowest BCUT2D eigenvalue weighted by atomic mass is 9.80. The molecule has 2 spiro atoms. The Kier molecular flexibility index (Phi) is 18.1. The number of ether oxygens (including phenoxy) is 3. The molecule has 11 heteroatoms. The van der Waals surface area contributed by atoms with Gasteiger partial charge in [-0.25, -0.2) is 4.99 Å². The molecule has 0 radical (unpaired) electrons. The number of allylic oxidation sites excluding steroid dienone is 1. The average Bonchev–Trinajstić information content (AvgIpc) is 3.48. The number of guanidine groups is 1. The molecule has 3 fully saturated rings. The van der Waals surface area contributed by atoms with E-state index in [0.717, 1.165) is 115 Å². The van der Waals surface area contributed by atoms with Gasteiger partial charge in [-0.3, -0.25) is 9.59 Å². The molecule has 7 atom stereocenters. The fourth-order valence-electron chi connectivity index (χ4n) is 9.95. The van der Waals surface area contributed by atoms with Crippen LogP contribution in [0.4, 0.5) is 0 Å². The van der Waals surface area contributed by atoms with Gasteiger partial charge in [-0.1, -0.05) is 89.7 Å². The summed E-state index contributed by atoms with van der Waals surface area (Å²) in [6.07, 6.45) is 31.0. The summed E-state index contributed by atoms with van der Waals surface area (Å²) in [6.45, 7) is 7.53. The number of rotatable bonds is 24. The highest BCUT2D eigenvalue weighted by Crippen LogP contribution is 2.50. The molecule has 11 nitrogen and oxygen atoms in total. The van der Waals surface area contributed by atoms with E-state index in [0.29, 0.717) is 32.2 Å². The summed E-state index contributed by atoms with van der Waals surface area (Å²) in [5.41, 5.74) is 9.98. The van der Waals surface area contributed by atoms with Crippen molar-refractivity contribution in [2.45, 2.75) is 210 Å². The van der Waals surface area contributed by atoms with Gasteiger partial charge in [-0.15, -0.1) is 0 Å². The zero-order valence-electron chi connectivity index (χ0n) is 34.8. The molecule has 314 valence electrons. The van der Waals surface area contributed by atoms with Crippen molar-refractivity contribution in [1.29, 1.82) is 0 Å². The highest BCUT2D eigenvalue weighted by molar-refractivity contribution is 5.87. The summed E-state index contributed by atoms with van der Waals surface area (Å²) in [6, 6.07) is 0.342. The molecule has 5 N–H and O–H groups in total. The molecule has 0 aliphatic carbocycles. The standard InChI is InChI=1S/C44H78N6O5/c1-3-37-23-16-17-27-43(55-37)34-36-25-26-38-40(44(28-19-22-35(2)54-44)48-42(47-43)50(36)38)41(52)53-33-18-14-12-10-8-6-4-5-7-9-11-13-15-24-39(51)49(31-20-29-45)32-21-30-46/h16,23,35-38,40H,3-15,17-22,24-34,45-46H2,1-2H3,(H,47,48)/t35-,36+,37+,38-,40-,43+,44-/m1/s1. The molecular weight excluding hydrogens is 693 g/mol. The van der Waals surface area contributed by atoms with Crippen molar-refractivity contribution >= 4 is 17.8 Å². The summed E-state index contributed by atoms with van der Waals surface area (Å²) < 4.78 is 19.6. The molecule has 5 aliphatic rings. The Bertz CT molecular complexity index is 1220. The van der Waals surface area contributed by atoms with Crippen LogP contribution in [0, 0.1) is 5.92 Å². The van der Waals surface area contributed by atoms with Crippen LogP contribution in [0.15, 0.2) is 17.1 Å². The highest BCUT2D eigenvalue weighted by atomic mass is 16.6. The van der Waals surface area contributed by atoms with E-state index in [2.05, 4.69) is 36.2 Å². The number of nitrogens with zero attached hydrogens (tertiary/aromatic N) is 3. The first-order valence-electron chi connectivity index (χ1n) is 22.9. The summed E-state index contributed by atoms with van der Waals surface area (Å²) in [7, 11) is 0. The molecule has 0 saturated carbocycles. The smallest absolute Gasteiger partial charge is 0.316 e. The molecule has 55 heavy (non-hydrogen) atoms. The normalized spacial score (nSPS) is 29.9. The minimum absolute atomic E-state index is 0.0384. The second kappa shape index (κ2) is 22.7. The third kappa shape index (κ3) is 12.4. The molecule has 0 aromatic heterocycles. The third-order valence-electron chi connectivity index (χ3n) is 12.9. The first-order valence-corrected chi connectivity index (χ1v) is 22.9. The maximum absolute atomic E-state index is 14.0. The number of aliphatic imine (C=N–C) groups is 1. The van der Waals surface area contributed by atoms with Crippen molar-refractivity contribution in [3.8, 4) is 0 Å². The van der Waals surface area contributed by atoms with Crippen LogP contribution in [-0.2, 0) is 23.8 Å². The van der Waals surface area contributed by atoms with E-state index in [-0.39, 0.29) is 30.1 Å². The van der Waals surface area contributed by atoms with Crippen LogP contribution in [-0.4, -0.2) is 96.2 Å². The van der Waals surface area contributed by atoms with E-state index in [9.17, 15) is 9.59 Å². The van der Waals surface area contributed by atoms with Gasteiger partial charge in [0.25, 0.3) is 0 Å². The minimum Gasteiger partial charge on any atom is -0.465 e. The summed E-state index contributed by atoms with van der Waals surface area (Å²) >= 11 is 0. The third-order valence-corrected chi connectivity index (χ3v) is 12.9. The van der Waals surface area contributed by atoms with Crippen LogP contribution in [0.2, 0.25) is 0 Å². The molecule has 3 saturated heterocycles. The fraction of sp³-hybridized carbons (Fsp3) is 0.886. The van der Waals surface area contributed by atoms with Gasteiger partial charge in [0.15, 0.2) is 11.7 Å². The van der Waals surface area contributed by atoms with Crippen LogP contribution in [0.3, 0.4) is 0 Å². The van der Waals surface area contributed by atoms with Gasteiger partial charge in [-0.05, 0) is 97.1 Å². The number of hydrogen-bond acceptors (Lipinski definition) is 10. The number of carbonyl (C=O) groups excluding carboxylic acids is 2. The summed E-state index contributed by atoms with van der Waals surface area (Å²) in [5.74, 6) is 0.603. The Balaban J connectivity index is 0.953. The Morgan fingerprint density at radius 1 is 0.891 bits per heavy atom. The zero-order valence-corrected chi connectivity index (χ0v) is 34.8. The van der Waals surface area contributed by atoms with E-state index in [1.165, 1.54) is 57.8 Å². The maximum Gasteiger partial charge on any atom is 0.316 e. The first kappa shape index (κ1) is 43.9. The molecule has 1 amide bonds. The van der Waals surface area contributed by atoms with Crippen molar-refractivity contribution in [2.75, 3.05) is 32.8 Å². The van der Waals surface area contributed by atoms with Crippen LogP contribution in [0.5, 0.6) is 0 Å². The molecule has 0 aromatic rings. The van der Waals surface area contributed by atoms with Crippen molar-refractivity contribution in [2.24, 2.45) is 22.4 Å². The van der Waals surface area contributed by atoms with Gasteiger partial charge in [-0.2, -0.15) is 0 Å². The predicted octanol–water partition coefficient (Wildman–Crippen LogP) is 7.46. The Morgan fingerprint density at radius 3 is 2.18 bits per heavy atom. The van der Waals surface area contributed by atoms with Crippen molar-refractivity contribution in [3.63, 3.8) is 0 Å². The number of nitrogens with two attached hydrogens (primary N) is 2. The molecule has 5 rings (SSSR count). The average molecular weight is 771 g/mol. The number of unbranched alkanes of at least 4 members (excludes halogenated alkanes) is 12. The number of esters is 1. The largest absolute Gasteiger partial charge is 0.465 e. The Hall–Kier alpha value is -2.21. The predicted molar refractivity (Wildman–Crippen MR) is 220 cm³/mol. The summed E-state index contributed by atoms with van der Waals surface area (Å²) in [5, 5.41) is 3.80. The number of amides is 1. The van der Waals surface area contributed by atoms with E-state index in [1.807, 2.05) is 4.90 Å². The molecule has 5 heterocycles. The van der Waals surface area contributed by atoms with E-state index in [4.69, 9.17) is 30.7 Å². The van der Waals surface area contributed by atoms with Crippen LogP contribution in [0.1, 0.15) is 174 Å². The van der Waals surface area contributed by atoms with Crippen molar-refractivity contribution < 1.29 is 23.8 Å². The zero-order chi connectivity index (χ0) is 38.9. The van der Waals surface area contributed by atoms with Gasteiger partial charge < -0.3 is 40.8 Å².